The van der Waals surface area contributed by atoms with Gasteiger partial charge >= 0.3 is 0 Å². The maximum Gasteiger partial charge on any atom is 0.162 e. The van der Waals surface area contributed by atoms with Gasteiger partial charge in [0.05, 0.1) is 7.11 Å². The van der Waals surface area contributed by atoms with E-state index in [0.29, 0.717) is 5.75 Å². The number of ether oxygens (including phenoxy) is 1. The average molecular weight is 394 g/mol. The van der Waals surface area contributed by atoms with Crippen LogP contribution in [0.25, 0.3) is 0 Å². The number of benzene rings is 2. The van der Waals surface area contributed by atoms with Crippen LogP contribution in [0.5, 0.6) is 11.5 Å². The third kappa shape index (κ3) is 3.89. The number of likely N-dealkylation sites (tertiary alicyclic amines) is 1. The first-order valence-corrected chi connectivity index (χ1v) is 10.4. The van der Waals surface area contributed by atoms with E-state index in [2.05, 4.69) is 49.3 Å². The highest BCUT2D eigenvalue weighted by Gasteiger charge is 2.40. The van der Waals surface area contributed by atoms with Crippen molar-refractivity contribution >= 4 is 5.71 Å². The number of rotatable bonds is 3. The number of methoxy groups -OCH3 is 1. The number of piperidine rings is 1. The lowest BCUT2D eigenvalue weighted by Gasteiger charge is -2.44. The zero-order valence-electron chi connectivity index (χ0n) is 17.8. The van der Waals surface area contributed by atoms with Gasteiger partial charge in [-0.15, -0.1) is 0 Å². The first-order valence-electron chi connectivity index (χ1n) is 10.4. The summed E-state index contributed by atoms with van der Waals surface area (Å²) in [5.41, 5.74) is 5.45. The van der Waals surface area contributed by atoms with Gasteiger partial charge in [-0.25, -0.2) is 0 Å². The van der Waals surface area contributed by atoms with Crippen LogP contribution in [0.15, 0.2) is 41.4 Å². The van der Waals surface area contributed by atoms with Crippen LogP contribution in [0.3, 0.4) is 0 Å². The summed E-state index contributed by atoms with van der Waals surface area (Å²) < 4.78 is 5.35. The fourth-order valence-electron chi connectivity index (χ4n) is 4.43. The van der Waals surface area contributed by atoms with Gasteiger partial charge in [-0.2, -0.15) is 0 Å². The molecule has 0 aromatic heterocycles. The normalized spacial score (nSPS) is 21.8. The molecule has 5 nitrogen and oxygen atoms in total. The van der Waals surface area contributed by atoms with Crippen molar-refractivity contribution in [3.63, 3.8) is 0 Å². The van der Waals surface area contributed by atoms with E-state index in [1.165, 1.54) is 16.7 Å². The zero-order valence-corrected chi connectivity index (χ0v) is 17.8. The summed E-state index contributed by atoms with van der Waals surface area (Å²) in [5, 5.41) is 14.6. The Morgan fingerprint density at radius 1 is 1.14 bits per heavy atom. The molecule has 2 aliphatic heterocycles. The van der Waals surface area contributed by atoms with Gasteiger partial charge in [0, 0.05) is 36.8 Å². The van der Waals surface area contributed by atoms with Crippen LogP contribution >= 0.6 is 0 Å². The number of nitrogens with one attached hydrogen (secondary N) is 1. The minimum atomic E-state index is -0.293. The van der Waals surface area contributed by atoms with Crippen molar-refractivity contribution in [2.24, 2.45) is 4.99 Å². The molecular weight excluding hydrogens is 362 g/mol. The fraction of sp³-hybridized carbons (Fsp3) is 0.458. The van der Waals surface area contributed by atoms with E-state index in [4.69, 9.17) is 9.73 Å². The van der Waals surface area contributed by atoms with Crippen LogP contribution in [0.4, 0.5) is 0 Å². The standard InChI is InChI=1S/C24H31N3O2/c1-16-8-9-18(14-17(16)2)20-15-21(19-6-5-7-22(29-4)23(19)28)26-24(25-20)10-12-27(3)13-11-24/h5-9,14,21,26,28H,10-13,15H2,1-4H3. The molecule has 0 saturated carbocycles. The molecule has 2 aliphatic rings. The van der Waals surface area contributed by atoms with Crippen molar-refractivity contribution < 1.29 is 9.84 Å². The van der Waals surface area contributed by atoms with E-state index >= 15 is 0 Å². The smallest absolute Gasteiger partial charge is 0.162 e. The van der Waals surface area contributed by atoms with E-state index in [-0.39, 0.29) is 17.5 Å². The molecule has 0 radical (unpaired) electrons. The number of para-hydroxylation sites is 1. The molecule has 1 unspecified atom stereocenters. The van der Waals surface area contributed by atoms with Crippen LogP contribution in [-0.4, -0.2) is 48.6 Å². The van der Waals surface area contributed by atoms with Crippen molar-refractivity contribution in [3.05, 3.63) is 58.7 Å². The molecular formula is C24H31N3O2. The van der Waals surface area contributed by atoms with Crippen LogP contribution in [0, 0.1) is 13.8 Å². The number of aryl methyl sites for hydroxylation is 2. The Balaban J connectivity index is 1.76. The number of phenols is 1. The molecule has 0 amide bonds. The Morgan fingerprint density at radius 3 is 2.59 bits per heavy atom. The molecule has 1 fully saturated rings. The molecule has 29 heavy (non-hydrogen) atoms. The average Bonchev–Trinajstić information content (AvgIpc) is 2.72. The second kappa shape index (κ2) is 7.81. The first-order chi connectivity index (χ1) is 13.9. The highest BCUT2D eigenvalue weighted by Crippen LogP contribution is 2.40. The van der Waals surface area contributed by atoms with Crippen molar-refractivity contribution in [2.45, 2.75) is 44.8 Å². The Hall–Kier alpha value is -2.37. The fourth-order valence-corrected chi connectivity index (χ4v) is 4.43. The largest absolute Gasteiger partial charge is 0.504 e. The molecule has 4 rings (SSSR count). The lowest BCUT2D eigenvalue weighted by molar-refractivity contribution is 0.144. The molecule has 2 heterocycles. The lowest BCUT2D eigenvalue weighted by atomic mass is 9.87. The topological polar surface area (TPSA) is 57.1 Å². The maximum atomic E-state index is 10.8. The third-order valence-electron chi connectivity index (χ3n) is 6.47. The Morgan fingerprint density at radius 2 is 1.90 bits per heavy atom. The summed E-state index contributed by atoms with van der Waals surface area (Å²) in [5.74, 6) is 0.730. The molecule has 1 spiro atoms. The molecule has 2 aromatic rings. The molecule has 1 atom stereocenters. The zero-order chi connectivity index (χ0) is 20.6. The summed E-state index contributed by atoms with van der Waals surface area (Å²) in [4.78, 5) is 7.61. The number of nitrogens with zero attached hydrogens (tertiary/aromatic N) is 2. The van der Waals surface area contributed by atoms with Crippen molar-refractivity contribution in [2.75, 3.05) is 27.2 Å². The number of hydrogen-bond donors (Lipinski definition) is 2. The van der Waals surface area contributed by atoms with Gasteiger partial charge in [0.1, 0.15) is 5.66 Å². The Labute approximate surface area is 173 Å². The summed E-state index contributed by atoms with van der Waals surface area (Å²) in [7, 11) is 3.75. The maximum absolute atomic E-state index is 10.8. The first kappa shape index (κ1) is 19.9. The van der Waals surface area contributed by atoms with E-state index in [1.807, 2.05) is 12.1 Å². The van der Waals surface area contributed by atoms with Gasteiger partial charge in [-0.3, -0.25) is 10.3 Å². The monoisotopic (exact) mass is 393 g/mol. The third-order valence-corrected chi connectivity index (χ3v) is 6.47. The predicted octanol–water partition coefficient (Wildman–Crippen LogP) is 3.96. The highest BCUT2D eigenvalue weighted by atomic mass is 16.5. The van der Waals surface area contributed by atoms with Gasteiger partial charge < -0.3 is 14.7 Å². The van der Waals surface area contributed by atoms with Crippen LogP contribution in [0.2, 0.25) is 0 Å². The molecule has 1 saturated heterocycles. The number of hydrogen-bond acceptors (Lipinski definition) is 5. The van der Waals surface area contributed by atoms with E-state index < -0.39 is 0 Å². The lowest BCUT2D eigenvalue weighted by Crippen LogP contribution is -2.55. The molecule has 0 aliphatic carbocycles. The second-order valence-corrected chi connectivity index (χ2v) is 8.49. The number of aromatic hydroxyl groups is 1. The van der Waals surface area contributed by atoms with Gasteiger partial charge in [0.25, 0.3) is 0 Å². The molecule has 0 bridgehead atoms. The second-order valence-electron chi connectivity index (χ2n) is 8.49. The van der Waals surface area contributed by atoms with Gasteiger partial charge in [-0.05, 0) is 62.6 Å². The van der Waals surface area contributed by atoms with Gasteiger partial charge in [0.2, 0.25) is 0 Å². The Bertz CT molecular complexity index is 930. The minimum absolute atomic E-state index is 0.0115. The SMILES string of the molecule is COc1cccc(C2CC(c3ccc(C)c(C)c3)=NC3(CCN(C)CC3)N2)c1O. The van der Waals surface area contributed by atoms with Crippen molar-refractivity contribution in [3.8, 4) is 11.5 Å². The van der Waals surface area contributed by atoms with Crippen molar-refractivity contribution in [1.82, 2.24) is 10.2 Å². The van der Waals surface area contributed by atoms with E-state index in [1.54, 1.807) is 13.2 Å². The highest BCUT2D eigenvalue weighted by molar-refractivity contribution is 6.02. The molecule has 2 aromatic carbocycles. The summed E-state index contributed by atoms with van der Waals surface area (Å²) in [6, 6.07) is 12.3. The van der Waals surface area contributed by atoms with Gasteiger partial charge in [0.15, 0.2) is 11.5 Å². The summed E-state index contributed by atoms with van der Waals surface area (Å²) >= 11 is 0. The van der Waals surface area contributed by atoms with Gasteiger partial charge in [-0.1, -0.05) is 24.3 Å². The van der Waals surface area contributed by atoms with E-state index in [0.717, 1.165) is 43.6 Å². The van der Waals surface area contributed by atoms with Crippen LogP contribution < -0.4 is 10.1 Å². The molecule has 2 N–H and O–H groups in total. The molecule has 154 valence electrons. The summed E-state index contributed by atoms with van der Waals surface area (Å²) in [6.07, 6.45) is 2.65. The van der Waals surface area contributed by atoms with Crippen LogP contribution in [-0.2, 0) is 0 Å². The quantitative estimate of drug-likeness (QED) is 0.829. The predicted molar refractivity (Wildman–Crippen MR) is 117 cm³/mol. The summed E-state index contributed by atoms with van der Waals surface area (Å²) in [6.45, 7) is 6.30. The van der Waals surface area contributed by atoms with Crippen molar-refractivity contribution in [1.29, 1.82) is 0 Å². The number of aliphatic imine (C=N–C) groups is 1. The number of phenolic OH excluding ortho intramolecular Hbond substituents is 1. The van der Waals surface area contributed by atoms with Crippen LogP contribution in [0.1, 0.15) is 47.6 Å². The Kier molecular flexibility index (Phi) is 5.36. The van der Waals surface area contributed by atoms with E-state index in [9.17, 15) is 5.11 Å². The molecule has 5 heteroatoms. The minimum Gasteiger partial charge on any atom is -0.504 e.